The molecule has 5 aromatic rings. The van der Waals surface area contributed by atoms with Crippen LogP contribution in [0, 0.1) is 11.6 Å². The molecule has 0 spiro atoms. The molecule has 2 aromatic carbocycles. The number of halogens is 2. The number of rotatable bonds is 7. The standard InChI is InChI=1S/C26H27F2N5OSi/c1-35(2,3)13-12-34-16-33-21-7-5-4-6-20(21)31-26(33)25-22-11-8-17(14-32(22)15-30-25)23-18(27)9-10-19(29)24(23)28/h4-11,14-15H,12-13,16,29H2,1-3H3. The van der Waals surface area contributed by atoms with Crippen LogP contribution in [0.3, 0.4) is 0 Å². The van der Waals surface area contributed by atoms with Gasteiger partial charge in [0.05, 0.1) is 27.8 Å². The van der Waals surface area contributed by atoms with Crippen molar-refractivity contribution < 1.29 is 13.5 Å². The highest BCUT2D eigenvalue weighted by molar-refractivity contribution is 6.76. The molecule has 0 bridgehead atoms. The van der Waals surface area contributed by atoms with Crippen LogP contribution in [0.5, 0.6) is 0 Å². The second kappa shape index (κ2) is 8.90. The maximum absolute atomic E-state index is 14.6. The van der Waals surface area contributed by atoms with Crippen LogP contribution >= 0.6 is 0 Å². The molecule has 3 heterocycles. The number of imidazole rings is 2. The predicted molar refractivity (Wildman–Crippen MR) is 138 cm³/mol. The third-order valence-electron chi connectivity index (χ3n) is 6.02. The molecule has 3 aromatic heterocycles. The normalized spacial score (nSPS) is 12.1. The molecule has 0 atom stereocenters. The minimum Gasteiger partial charge on any atom is -0.396 e. The second-order valence-electron chi connectivity index (χ2n) is 9.83. The van der Waals surface area contributed by atoms with Gasteiger partial charge in [-0.2, -0.15) is 0 Å². The molecular weight excluding hydrogens is 464 g/mol. The average Bonchev–Trinajstić information content (AvgIpc) is 3.39. The molecule has 0 fully saturated rings. The number of ether oxygens (including phenoxy) is 1. The van der Waals surface area contributed by atoms with Gasteiger partial charge in [-0.15, -0.1) is 0 Å². The topological polar surface area (TPSA) is 70.4 Å². The van der Waals surface area contributed by atoms with Gasteiger partial charge in [-0.25, -0.2) is 18.7 Å². The van der Waals surface area contributed by atoms with Crippen LogP contribution in [-0.4, -0.2) is 33.6 Å². The van der Waals surface area contributed by atoms with Gasteiger partial charge in [0.25, 0.3) is 0 Å². The van der Waals surface area contributed by atoms with Crippen molar-refractivity contribution in [1.82, 2.24) is 18.9 Å². The number of aromatic nitrogens is 4. The zero-order valence-corrected chi connectivity index (χ0v) is 20.9. The van der Waals surface area contributed by atoms with E-state index in [9.17, 15) is 8.78 Å². The third-order valence-corrected chi connectivity index (χ3v) is 7.73. The van der Waals surface area contributed by atoms with Crippen LogP contribution in [-0.2, 0) is 11.5 Å². The van der Waals surface area contributed by atoms with Gasteiger partial charge >= 0.3 is 0 Å². The molecule has 0 saturated carbocycles. The zero-order chi connectivity index (χ0) is 24.7. The Bertz CT molecular complexity index is 1540. The minimum absolute atomic E-state index is 0.101. The van der Waals surface area contributed by atoms with Crippen molar-refractivity contribution in [2.75, 3.05) is 12.3 Å². The molecule has 0 aliphatic rings. The Morgan fingerprint density at radius 3 is 2.60 bits per heavy atom. The highest BCUT2D eigenvalue weighted by Gasteiger charge is 2.20. The number of nitrogens with zero attached hydrogens (tertiary/aromatic N) is 4. The van der Waals surface area contributed by atoms with Gasteiger partial charge in [0.15, 0.2) is 11.6 Å². The van der Waals surface area contributed by atoms with E-state index >= 15 is 0 Å². The van der Waals surface area contributed by atoms with E-state index in [-0.39, 0.29) is 11.3 Å². The number of hydrogen-bond donors (Lipinski definition) is 1. The van der Waals surface area contributed by atoms with Crippen LogP contribution in [0.4, 0.5) is 14.5 Å². The van der Waals surface area contributed by atoms with E-state index in [1.54, 1.807) is 29.1 Å². The second-order valence-corrected chi connectivity index (χ2v) is 15.5. The lowest BCUT2D eigenvalue weighted by molar-refractivity contribution is 0.0909. The number of hydrogen-bond acceptors (Lipinski definition) is 4. The molecule has 6 nitrogen and oxygen atoms in total. The van der Waals surface area contributed by atoms with Gasteiger partial charge < -0.3 is 14.9 Å². The summed E-state index contributed by atoms with van der Waals surface area (Å²) in [7, 11) is -1.21. The van der Waals surface area contributed by atoms with Crippen molar-refractivity contribution in [3.8, 4) is 22.6 Å². The number of anilines is 1. The quantitative estimate of drug-likeness (QED) is 0.167. The van der Waals surface area contributed by atoms with Crippen molar-refractivity contribution in [3.05, 3.63) is 72.7 Å². The molecule has 0 aliphatic heterocycles. The number of nitrogens with two attached hydrogens (primary N) is 1. The Morgan fingerprint density at radius 1 is 1.00 bits per heavy atom. The van der Waals surface area contributed by atoms with E-state index in [4.69, 9.17) is 15.5 Å². The molecule has 35 heavy (non-hydrogen) atoms. The van der Waals surface area contributed by atoms with Gasteiger partial charge in [-0.3, -0.25) is 4.57 Å². The van der Waals surface area contributed by atoms with Crippen LogP contribution in [0.1, 0.15) is 0 Å². The number of benzene rings is 2. The molecule has 0 radical (unpaired) electrons. The Balaban J connectivity index is 1.55. The molecule has 2 N–H and O–H groups in total. The summed E-state index contributed by atoms with van der Waals surface area (Å²) in [5.41, 5.74) is 8.99. The fraction of sp³-hybridized carbons (Fsp3) is 0.231. The number of pyridine rings is 1. The maximum Gasteiger partial charge on any atom is 0.163 e. The van der Waals surface area contributed by atoms with Gasteiger partial charge in [0.1, 0.15) is 24.6 Å². The van der Waals surface area contributed by atoms with E-state index in [2.05, 4.69) is 24.6 Å². The summed E-state index contributed by atoms with van der Waals surface area (Å²) in [6, 6.07) is 14.8. The first-order valence-electron chi connectivity index (χ1n) is 11.5. The summed E-state index contributed by atoms with van der Waals surface area (Å²) in [5.74, 6) is -0.772. The van der Waals surface area contributed by atoms with Crippen molar-refractivity contribution in [1.29, 1.82) is 0 Å². The van der Waals surface area contributed by atoms with E-state index < -0.39 is 19.7 Å². The number of fused-ring (bicyclic) bond motifs is 2. The van der Waals surface area contributed by atoms with Gasteiger partial charge in [0.2, 0.25) is 0 Å². The van der Waals surface area contributed by atoms with Crippen LogP contribution in [0.15, 0.2) is 61.1 Å². The van der Waals surface area contributed by atoms with E-state index in [1.165, 1.54) is 12.1 Å². The van der Waals surface area contributed by atoms with Gasteiger partial charge in [-0.1, -0.05) is 37.8 Å². The molecule has 180 valence electrons. The fourth-order valence-corrected chi connectivity index (χ4v) is 4.83. The Morgan fingerprint density at radius 2 is 1.80 bits per heavy atom. The first-order chi connectivity index (χ1) is 16.7. The summed E-state index contributed by atoms with van der Waals surface area (Å²) >= 11 is 0. The van der Waals surface area contributed by atoms with E-state index in [0.717, 1.165) is 22.6 Å². The zero-order valence-electron chi connectivity index (χ0n) is 19.9. The van der Waals surface area contributed by atoms with E-state index in [0.29, 0.717) is 30.4 Å². The maximum atomic E-state index is 14.6. The first kappa shape index (κ1) is 23.2. The summed E-state index contributed by atoms with van der Waals surface area (Å²) in [6.45, 7) is 8.01. The van der Waals surface area contributed by atoms with Crippen molar-refractivity contribution in [2.45, 2.75) is 32.4 Å². The minimum atomic E-state index is -1.21. The average molecular weight is 492 g/mol. The van der Waals surface area contributed by atoms with Crippen molar-refractivity contribution >= 4 is 30.3 Å². The van der Waals surface area contributed by atoms with E-state index in [1.807, 2.05) is 28.8 Å². The SMILES string of the molecule is C[Si](C)(C)CCOCn1c(-c2ncn3cc(-c4c(F)ccc(N)c4F)ccc23)nc2ccccc21. The number of para-hydroxylation sites is 2. The lowest BCUT2D eigenvalue weighted by Gasteiger charge is -2.16. The lowest BCUT2D eigenvalue weighted by atomic mass is 10.0. The highest BCUT2D eigenvalue weighted by Crippen LogP contribution is 2.32. The Labute approximate surface area is 203 Å². The lowest BCUT2D eigenvalue weighted by Crippen LogP contribution is -2.22. The molecule has 0 amide bonds. The van der Waals surface area contributed by atoms with Crippen LogP contribution < -0.4 is 5.73 Å². The van der Waals surface area contributed by atoms with Crippen LogP contribution in [0.2, 0.25) is 25.7 Å². The summed E-state index contributed by atoms with van der Waals surface area (Å²) in [6.07, 6.45) is 3.26. The third kappa shape index (κ3) is 4.44. The van der Waals surface area contributed by atoms with Crippen molar-refractivity contribution in [2.24, 2.45) is 0 Å². The van der Waals surface area contributed by atoms with Crippen LogP contribution in [0.25, 0.3) is 39.2 Å². The number of nitrogen functional groups attached to an aromatic ring is 1. The first-order valence-corrected chi connectivity index (χ1v) is 15.2. The van der Waals surface area contributed by atoms with Gasteiger partial charge in [0, 0.05) is 26.4 Å². The smallest absolute Gasteiger partial charge is 0.163 e. The molecule has 5 rings (SSSR count). The highest BCUT2D eigenvalue weighted by atomic mass is 28.3. The Hall–Kier alpha value is -3.56. The summed E-state index contributed by atoms with van der Waals surface area (Å²) < 4.78 is 38.8. The molecule has 0 unspecified atom stereocenters. The van der Waals surface area contributed by atoms with Gasteiger partial charge in [-0.05, 0) is 36.4 Å². The largest absolute Gasteiger partial charge is 0.396 e. The summed E-state index contributed by atoms with van der Waals surface area (Å²) in [5, 5.41) is 0. The fourth-order valence-electron chi connectivity index (χ4n) is 4.07. The molecular formula is C26H27F2N5OSi. The monoisotopic (exact) mass is 491 g/mol. The van der Waals surface area contributed by atoms with Crippen molar-refractivity contribution in [3.63, 3.8) is 0 Å². The molecule has 0 aliphatic carbocycles. The predicted octanol–water partition coefficient (Wildman–Crippen LogP) is 6.19. The Kier molecular flexibility index (Phi) is 5.90. The molecule has 9 heteroatoms. The molecule has 0 saturated heterocycles. The summed E-state index contributed by atoms with van der Waals surface area (Å²) in [4.78, 5) is 9.44.